The molecule has 2 heterocycles. The summed E-state index contributed by atoms with van der Waals surface area (Å²) in [6, 6.07) is 9.63. The summed E-state index contributed by atoms with van der Waals surface area (Å²) in [4.78, 5) is 18.6. The fourth-order valence-corrected chi connectivity index (χ4v) is 3.97. The zero-order valence-electron chi connectivity index (χ0n) is 13.8. The summed E-state index contributed by atoms with van der Waals surface area (Å²) in [5, 5.41) is -0.0165. The van der Waals surface area contributed by atoms with Crippen molar-refractivity contribution < 1.29 is 14.3 Å². The lowest BCUT2D eigenvalue weighted by molar-refractivity contribution is -0.132. The van der Waals surface area contributed by atoms with Gasteiger partial charge in [-0.3, -0.25) is 9.78 Å². The first-order valence-corrected chi connectivity index (χ1v) is 8.79. The number of methoxy groups -OCH3 is 2. The van der Waals surface area contributed by atoms with E-state index in [0.29, 0.717) is 13.0 Å². The third kappa shape index (κ3) is 3.64. The molecule has 1 fully saturated rings. The SMILES string of the molecule is COc1cc(CN2C(=O)CCSC2c2cccnc2)cc(OC)c1. The molecule has 0 aliphatic carbocycles. The zero-order valence-corrected chi connectivity index (χ0v) is 14.6. The highest BCUT2D eigenvalue weighted by atomic mass is 32.2. The van der Waals surface area contributed by atoms with Crippen molar-refractivity contribution >= 4 is 17.7 Å². The van der Waals surface area contributed by atoms with Gasteiger partial charge in [0.15, 0.2) is 0 Å². The van der Waals surface area contributed by atoms with Crippen LogP contribution in [0.15, 0.2) is 42.7 Å². The summed E-state index contributed by atoms with van der Waals surface area (Å²) in [6.07, 6.45) is 4.13. The lowest BCUT2D eigenvalue weighted by Crippen LogP contribution is -2.36. The Kier molecular flexibility index (Phi) is 5.25. The molecular formula is C18H20N2O3S. The van der Waals surface area contributed by atoms with Crippen LogP contribution < -0.4 is 9.47 Å². The Bertz CT molecular complexity index is 686. The van der Waals surface area contributed by atoms with E-state index in [-0.39, 0.29) is 11.3 Å². The van der Waals surface area contributed by atoms with Crippen LogP contribution in [0.3, 0.4) is 0 Å². The molecule has 0 spiro atoms. The van der Waals surface area contributed by atoms with E-state index in [1.807, 2.05) is 41.4 Å². The molecule has 5 nitrogen and oxygen atoms in total. The number of aromatic nitrogens is 1. The number of amides is 1. The molecule has 6 heteroatoms. The molecule has 0 saturated carbocycles. The van der Waals surface area contributed by atoms with Crippen molar-refractivity contribution in [3.8, 4) is 11.5 Å². The van der Waals surface area contributed by atoms with E-state index >= 15 is 0 Å². The summed E-state index contributed by atoms with van der Waals surface area (Å²) < 4.78 is 10.7. The molecule has 0 N–H and O–H groups in total. The third-order valence-electron chi connectivity index (χ3n) is 3.93. The van der Waals surface area contributed by atoms with Gasteiger partial charge in [-0.25, -0.2) is 0 Å². The average molecular weight is 344 g/mol. The summed E-state index contributed by atoms with van der Waals surface area (Å²) in [5.74, 6) is 2.43. The maximum Gasteiger partial charge on any atom is 0.224 e. The lowest BCUT2D eigenvalue weighted by Gasteiger charge is -2.35. The highest BCUT2D eigenvalue weighted by molar-refractivity contribution is 7.99. The van der Waals surface area contributed by atoms with E-state index in [2.05, 4.69) is 4.98 Å². The third-order valence-corrected chi connectivity index (χ3v) is 5.21. The number of rotatable bonds is 5. The van der Waals surface area contributed by atoms with Gasteiger partial charge in [-0.15, -0.1) is 11.8 Å². The van der Waals surface area contributed by atoms with E-state index in [1.165, 1.54) is 0 Å². The summed E-state index contributed by atoms with van der Waals surface area (Å²) in [7, 11) is 3.25. The topological polar surface area (TPSA) is 51.7 Å². The van der Waals surface area contributed by atoms with Crippen molar-refractivity contribution in [1.29, 1.82) is 0 Å². The first kappa shape index (κ1) is 16.6. The number of benzene rings is 1. The average Bonchev–Trinajstić information content (AvgIpc) is 2.63. The second-order valence-corrected chi connectivity index (χ2v) is 6.69. The molecule has 24 heavy (non-hydrogen) atoms. The van der Waals surface area contributed by atoms with Crippen molar-refractivity contribution in [2.24, 2.45) is 0 Å². The van der Waals surface area contributed by atoms with Crippen molar-refractivity contribution in [2.75, 3.05) is 20.0 Å². The van der Waals surface area contributed by atoms with Gasteiger partial charge >= 0.3 is 0 Å². The number of pyridine rings is 1. The normalized spacial score (nSPS) is 17.7. The number of nitrogens with zero attached hydrogens (tertiary/aromatic N) is 2. The van der Waals surface area contributed by atoms with Crippen LogP contribution >= 0.6 is 11.8 Å². The van der Waals surface area contributed by atoms with Crippen LogP contribution in [0.5, 0.6) is 11.5 Å². The number of ether oxygens (including phenoxy) is 2. The fourth-order valence-electron chi connectivity index (χ4n) is 2.75. The zero-order chi connectivity index (χ0) is 16.9. The van der Waals surface area contributed by atoms with E-state index in [4.69, 9.17) is 9.47 Å². The second-order valence-electron chi connectivity index (χ2n) is 5.50. The first-order chi connectivity index (χ1) is 11.7. The number of carbonyl (C=O) groups excluding carboxylic acids is 1. The molecule has 0 radical (unpaired) electrons. The monoisotopic (exact) mass is 344 g/mol. The number of hydrogen-bond donors (Lipinski definition) is 0. The largest absolute Gasteiger partial charge is 0.497 e. The Morgan fingerprint density at radius 2 is 2.00 bits per heavy atom. The Balaban J connectivity index is 1.89. The highest BCUT2D eigenvalue weighted by Gasteiger charge is 2.30. The quantitative estimate of drug-likeness (QED) is 0.833. The van der Waals surface area contributed by atoms with Crippen LogP contribution in [0.1, 0.15) is 22.9 Å². The molecule has 1 aliphatic heterocycles. The van der Waals surface area contributed by atoms with Gasteiger partial charge in [0, 0.05) is 42.7 Å². The van der Waals surface area contributed by atoms with Crippen LogP contribution in [0.2, 0.25) is 0 Å². The molecular weight excluding hydrogens is 324 g/mol. The molecule has 1 atom stereocenters. The van der Waals surface area contributed by atoms with E-state index < -0.39 is 0 Å². The molecule has 2 aromatic rings. The maximum absolute atomic E-state index is 12.5. The molecule has 1 aromatic carbocycles. The lowest BCUT2D eigenvalue weighted by atomic mass is 10.1. The molecule has 1 unspecified atom stereocenters. The molecule has 1 aliphatic rings. The van der Waals surface area contributed by atoms with Crippen molar-refractivity contribution in [2.45, 2.75) is 18.3 Å². The Labute approximate surface area is 146 Å². The van der Waals surface area contributed by atoms with Gasteiger partial charge in [0.25, 0.3) is 0 Å². The van der Waals surface area contributed by atoms with Gasteiger partial charge in [-0.2, -0.15) is 0 Å². The predicted molar refractivity (Wildman–Crippen MR) is 94.1 cm³/mol. The minimum Gasteiger partial charge on any atom is -0.497 e. The number of thioether (sulfide) groups is 1. The van der Waals surface area contributed by atoms with E-state index in [1.54, 1.807) is 32.2 Å². The van der Waals surface area contributed by atoms with Crippen molar-refractivity contribution in [3.05, 3.63) is 53.9 Å². The summed E-state index contributed by atoms with van der Waals surface area (Å²) in [6.45, 7) is 0.513. The molecule has 126 valence electrons. The molecule has 1 amide bonds. The van der Waals surface area contributed by atoms with E-state index in [0.717, 1.165) is 28.4 Å². The maximum atomic E-state index is 12.5. The first-order valence-electron chi connectivity index (χ1n) is 7.74. The summed E-state index contributed by atoms with van der Waals surface area (Å²) in [5.41, 5.74) is 2.03. The van der Waals surface area contributed by atoms with Gasteiger partial charge in [0.05, 0.1) is 14.2 Å². The van der Waals surface area contributed by atoms with Crippen LogP contribution in [-0.2, 0) is 11.3 Å². The van der Waals surface area contributed by atoms with Gasteiger partial charge in [-0.05, 0) is 23.8 Å². The van der Waals surface area contributed by atoms with Gasteiger partial charge in [0.1, 0.15) is 16.9 Å². The second kappa shape index (κ2) is 7.57. The number of carbonyl (C=O) groups is 1. The molecule has 1 aromatic heterocycles. The smallest absolute Gasteiger partial charge is 0.224 e. The number of hydrogen-bond acceptors (Lipinski definition) is 5. The molecule has 1 saturated heterocycles. The Hall–Kier alpha value is -2.21. The Morgan fingerprint density at radius 3 is 2.62 bits per heavy atom. The molecule has 0 bridgehead atoms. The van der Waals surface area contributed by atoms with Crippen LogP contribution in [0.25, 0.3) is 0 Å². The van der Waals surface area contributed by atoms with Crippen molar-refractivity contribution in [1.82, 2.24) is 9.88 Å². The van der Waals surface area contributed by atoms with E-state index in [9.17, 15) is 4.79 Å². The van der Waals surface area contributed by atoms with Crippen molar-refractivity contribution in [3.63, 3.8) is 0 Å². The van der Waals surface area contributed by atoms with Gasteiger partial charge in [0.2, 0.25) is 5.91 Å². The van der Waals surface area contributed by atoms with Crippen LogP contribution in [-0.4, -0.2) is 35.8 Å². The fraction of sp³-hybridized carbons (Fsp3) is 0.333. The predicted octanol–water partition coefficient (Wildman–Crippen LogP) is 3.26. The highest BCUT2D eigenvalue weighted by Crippen LogP contribution is 2.38. The molecule has 3 rings (SSSR count). The summed E-state index contributed by atoms with van der Waals surface area (Å²) >= 11 is 1.77. The van der Waals surface area contributed by atoms with Crippen LogP contribution in [0.4, 0.5) is 0 Å². The van der Waals surface area contributed by atoms with Gasteiger partial charge < -0.3 is 14.4 Å². The van der Waals surface area contributed by atoms with Gasteiger partial charge in [-0.1, -0.05) is 6.07 Å². The standard InChI is InChI=1S/C18H20N2O3S/c1-22-15-8-13(9-16(10-15)23-2)12-20-17(21)5-7-24-18(20)14-4-3-6-19-11-14/h3-4,6,8-11,18H,5,7,12H2,1-2H3. The minimum atomic E-state index is -0.0165. The minimum absolute atomic E-state index is 0.0165. The Morgan fingerprint density at radius 1 is 1.25 bits per heavy atom. The van der Waals surface area contributed by atoms with Crippen LogP contribution in [0, 0.1) is 0 Å².